The fraction of sp³-hybridized carbons (Fsp3) is 0.286. The van der Waals surface area contributed by atoms with Crippen molar-refractivity contribution in [3.8, 4) is 0 Å². The van der Waals surface area contributed by atoms with Gasteiger partial charge in [-0.3, -0.25) is 9.59 Å². The van der Waals surface area contributed by atoms with Gasteiger partial charge in [-0.25, -0.2) is 8.42 Å². The molecule has 1 saturated heterocycles. The molecule has 1 aliphatic rings. The fourth-order valence-corrected chi connectivity index (χ4v) is 5.75. The Kier molecular flexibility index (Phi) is 8.83. The van der Waals surface area contributed by atoms with Gasteiger partial charge in [-0.1, -0.05) is 41.4 Å². The highest BCUT2D eigenvalue weighted by Gasteiger charge is 2.27. The van der Waals surface area contributed by atoms with E-state index in [1.165, 1.54) is 24.3 Å². The van der Waals surface area contributed by atoms with Gasteiger partial charge >= 0.3 is 0 Å². The van der Waals surface area contributed by atoms with Crippen LogP contribution in [0.3, 0.4) is 0 Å². The average molecular weight is 555 g/mol. The lowest BCUT2D eigenvalue weighted by molar-refractivity contribution is -0.116. The molecule has 1 fully saturated rings. The molecule has 1 heterocycles. The molecular weight excluding hydrogens is 524 g/mol. The van der Waals surface area contributed by atoms with Gasteiger partial charge < -0.3 is 15.1 Å². The Balaban J connectivity index is 1.47. The molecule has 10 heteroatoms. The van der Waals surface area contributed by atoms with Crippen LogP contribution in [0.25, 0.3) is 0 Å². The van der Waals surface area contributed by atoms with Crippen LogP contribution < -0.4 is 5.32 Å². The number of sulfonamides is 1. The number of benzene rings is 3. The molecule has 0 atom stereocenters. The first kappa shape index (κ1) is 27.8. The van der Waals surface area contributed by atoms with Crippen LogP contribution in [0.2, 0.25) is 5.02 Å². The third-order valence-electron chi connectivity index (χ3n) is 6.42. The van der Waals surface area contributed by atoms with Crippen molar-refractivity contribution in [2.24, 2.45) is 0 Å². The second-order valence-electron chi connectivity index (χ2n) is 9.44. The Morgan fingerprint density at radius 3 is 2.24 bits per heavy atom. The van der Waals surface area contributed by atoms with Crippen molar-refractivity contribution < 1.29 is 18.0 Å². The van der Waals surface area contributed by atoms with E-state index in [4.69, 9.17) is 11.6 Å². The van der Waals surface area contributed by atoms with Gasteiger partial charge in [0, 0.05) is 49.0 Å². The summed E-state index contributed by atoms with van der Waals surface area (Å²) in [6, 6.07) is 20.0. The highest BCUT2D eigenvalue weighted by atomic mass is 35.5. The van der Waals surface area contributed by atoms with Crippen molar-refractivity contribution in [3.63, 3.8) is 0 Å². The number of nitrogens with zero attached hydrogens (tertiary/aromatic N) is 3. The maximum atomic E-state index is 13.5. The summed E-state index contributed by atoms with van der Waals surface area (Å²) in [5.41, 5.74) is 2.77. The predicted molar refractivity (Wildman–Crippen MR) is 149 cm³/mol. The van der Waals surface area contributed by atoms with Crippen LogP contribution in [0.1, 0.15) is 21.5 Å². The molecule has 0 unspecified atom stereocenters. The molecule has 3 aromatic carbocycles. The minimum Gasteiger partial charge on any atom is -0.336 e. The monoisotopic (exact) mass is 554 g/mol. The lowest BCUT2D eigenvalue weighted by Crippen LogP contribution is -2.47. The maximum absolute atomic E-state index is 13.5. The molecule has 0 aromatic heterocycles. The van der Waals surface area contributed by atoms with Gasteiger partial charge in [0.1, 0.15) is 0 Å². The van der Waals surface area contributed by atoms with Crippen molar-refractivity contribution in [1.82, 2.24) is 14.1 Å². The van der Waals surface area contributed by atoms with Crippen molar-refractivity contribution in [3.05, 3.63) is 94.5 Å². The lowest BCUT2D eigenvalue weighted by atomic mass is 10.1. The summed E-state index contributed by atoms with van der Waals surface area (Å²) in [5.74, 6) is -0.539. The molecule has 8 nitrogen and oxygen atoms in total. The van der Waals surface area contributed by atoms with Gasteiger partial charge in [-0.05, 0) is 68.1 Å². The number of nitrogens with one attached hydrogen (secondary N) is 1. The summed E-state index contributed by atoms with van der Waals surface area (Å²) in [6.45, 7) is 4.57. The van der Waals surface area contributed by atoms with Crippen LogP contribution in [0.4, 0.5) is 5.69 Å². The first-order chi connectivity index (χ1) is 18.1. The number of piperazine rings is 1. The number of rotatable bonds is 8. The molecular formula is C28H31ClN4O4S. The van der Waals surface area contributed by atoms with E-state index in [0.717, 1.165) is 28.5 Å². The molecule has 0 bridgehead atoms. The van der Waals surface area contributed by atoms with Crippen LogP contribution in [0.15, 0.2) is 77.7 Å². The number of anilines is 1. The molecule has 0 aliphatic carbocycles. The number of carbonyl (C=O) groups is 2. The summed E-state index contributed by atoms with van der Waals surface area (Å²) < 4.78 is 28.1. The smallest absolute Gasteiger partial charge is 0.253 e. The van der Waals surface area contributed by atoms with Crippen molar-refractivity contribution in [2.45, 2.75) is 18.4 Å². The largest absolute Gasteiger partial charge is 0.336 e. The second kappa shape index (κ2) is 12.1. The number of halogens is 1. The normalized spacial score (nSPS) is 14.5. The molecule has 1 N–H and O–H groups in total. The summed E-state index contributed by atoms with van der Waals surface area (Å²) >= 11 is 5.95. The van der Waals surface area contributed by atoms with Gasteiger partial charge in [0.2, 0.25) is 15.9 Å². The first-order valence-electron chi connectivity index (χ1n) is 12.3. The van der Waals surface area contributed by atoms with E-state index in [0.29, 0.717) is 29.4 Å². The quantitative estimate of drug-likeness (QED) is 0.456. The predicted octanol–water partition coefficient (Wildman–Crippen LogP) is 3.87. The van der Waals surface area contributed by atoms with Gasteiger partial charge in [0.15, 0.2) is 0 Å². The SMILES string of the molecule is Cc1cccc(CN(CC(=O)Nc2ccc(C(=O)N3CCN(C)CC3)cc2)S(=O)(=O)c2ccc(Cl)cc2)c1. The zero-order valence-corrected chi connectivity index (χ0v) is 23.0. The van der Waals surface area contributed by atoms with Gasteiger partial charge in [-0.2, -0.15) is 4.31 Å². The molecule has 3 aromatic rings. The summed E-state index contributed by atoms with van der Waals surface area (Å²) in [4.78, 5) is 29.8. The number of aryl methyl sites for hydroxylation is 1. The van der Waals surface area contributed by atoms with Crippen LogP contribution in [0, 0.1) is 6.92 Å². The van der Waals surface area contributed by atoms with Crippen molar-refractivity contribution in [2.75, 3.05) is 45.1 Å². The maximum Gasteiger partial charge on any atom is 0.253 e. The minimum absolute atomic E-state index is 0.0263. The number of hydrogen-bond donors (Lipinski definition) is 1. The second-order valence-corrected chi connectivity index (χ2v) is 11.8. The molecule has 4 rings (SSSR count). The molecule has 0 spiro atoms. The van der Waals surface area contributed by atoms with E-state index in [-0.39, 0.29) is 23.9 Å². The fourth-order valence-electron chi connectivity index (χ4n) is 4.24. The summed E-state index contributed by atoms with van der Waals surface area (Å²) in [6.07, 6.45) is 0. The van der Waals surface area contributed by atoms with E-state index < -0.39 is 15.9 Å². The molecule has 0 radical (unpaired) electrons. The number of likely N-dealkylation sites (N-methyl/N-ethyl adjacent to an activating group) is 1. The molecule has 38 heavy (non-hydrogen) atoms. The average Bonchev–Trinajstić information content (AvgIpc) is 2.89. The Bertz CT molecular complexity index is 1390. The molecule has 1 aliphatic heterocycles. The standard InChI is InChI=1S/C28H31ClN4O4S/c1-21-4-3-5-22(18-21)19-33(38(36,37)26-12-8-24(29)9-13-26)20-27(34)30-25-10-6-23(7-11-25)28(35)32-16-14-31(2)15-17-32/h3-13,18H,14-17,19-20H2,1-2H3,(H,30,34). The lowest BCUT2D eigenvalue weighted by Gasteiger charge is -2.32. The van der Waals surface area contributed by atoms with Gasteiger partial charge in [-0.15, -0.1) is 0 Å². The number of hydrogen-bond acceptors (Lipinski definition) is 5. The molecule has 0 saturated carbocycles. The van der Waals surface area contributed by atoms with Crippen molar-refractivity contribution >= 4 is 39.1 Å². The van der Waals surface area contributed by atoms with Gasteiger partial charge in [0.05, 0.1) is 11.4 Å². The van der Waals surface area contributed by atoms with Crippen molar-refractivity contribution in [1.29, 1.82) is 0 Å². The highest BCUT2D eigenvalue weighted by Crippen LogP contribution is 2.21. The minimum atomic E-state index is -3.99. The zero-order chi connectivity index (χ0) is 27.3. The topological polar surface area (TPSA) is 90.0 Å². The van der Waals surface area contributed by atoms with Crippen LogP contribution >= 0.6 is 11.6 Å². The van der Waals surface area contributed by atoms with Gasteiger partial charge in [0.25, 0.3) is 5.91 Å². The zero-order valence-electron chi connectivity index (χ0n) is 21.4. The van der Waals surface area contributed by atoms with E-state index in [9.17, 15) is 18.0 Å². The Morgan fingerprint density at radius 2 is 1.61 bits per heavy atom. The summed E-state index contributed by atoms with van der Waals surface area (Å²) in [5, 5.41) is 3.17. The highest BCUT2D eigenvalue weighted by molar-refractivity contribution is 7.89. The third kappa shape index (κ3) is 6.99. The van der Waals surface area contributed by atoms with E-state index in [1.807, 2.05) is 43.1 Å². The molecule has 2 amide bonds. The number of amides is 2. The Hall–Kier alpha value is -3.24. The Labute approximate surface area is 228 Å². The third-order valence-corrected chi connectivity index (χ3v) is 8.48. The number of carbonyl (C=O) groups excluding carboxylic acids is 2. The summed E-state index contributed by atoms with van der Waals surface area (Å²) in [7, 11) is -1.96. The van der Waals surface area contributed by atoms with E-state index in [2.05, 4.69) is 10.2 Å². The Morgan fingerprint density at radius 1 is 0.947 bits per heavy atom. The van der Waals surface area contributed by atoms with Crippen LogP contribution in [-0.2, 0) is 21.4 Å². The van der Waals surface area contributed by atoms with Crippen LogP contribution in [-0.4, -0.2) is 74.1 Å². The molecule has 200 valence electrons. The first-order valence-corrected chi connectivity index (χ1v) is 14.1. The van der Waals surface area contributed by atoms with E-state index in [1.54, 1.807) is 24.3 Å². The van der Waals surface area contributed by atoms with Crippen LogP contribution in [0.5, 0.6) is 0 Å². The van der Waals surface area contributed by atoms with E-state index >= 15 is 0 Å².